The van der Waals surface area contributed by atoms with Gasteiger partial charge in [0.05, 0.1) is 0 Å². The van der Waals surface area contributed by atoms with Crippen molar-refractivity contribution in [2.75, 3.05) is 0 Å². The molecule has 1 aromatic heterocycles. The molecule has 0 radical (unpaired) electrons. The van der Waals surface area contributed by atoms with Crippen molar-refractivity contribution in [3.05, 3.63) is 68.3 Å². The van der Waals surface area contributed by atoms with Crippen molar-refractivity contribution in [3.8, 4) is 0 Å². The summed E-state index contributed by atoms with van der Waals surface area (Å²) in [4.78, 5) is 26.2. The highest BCUT2D eigenvalue weighted by atomic mass is 35.5. The maximum Gasteiger partial charge on any atom is 0.225 e. The minimum absolute atomic E-state index is 0.0366. The lowest BCUT2D eigenvalue weighted by atomic mass is 9.74. The van der Waals surface area contributed by atoms with Gasteiger partial charge in [0.2, 0.25) is 5.91 Å². The number of ketones is 1. The number of allylic oxidation sites excluding steroid dienone is 2. The predicted molar refractivity (Wildman–Crippen MR) is 95.2 cm³/mol. The number of halogens is 2. The largest absolute Gasteiger partial charge is 0.329 e. The van der Waals surface area contributed by atoms with Crippen molar-refractivity contribution < 1.29 is 14.0 Å². The van der Waals surface area contributed by atoms with Crippen molar-refractivity contribution in [1.82, 2.24) is 5.32 Å². The Hall–Kier alpha value is -1.98. The van der Waals surface area contributed by atoms with Crippen molar-refractivity contribution in [2.24, 2.45) is 0 Å². The van der Waals surface area contributed by atoms with E-state index in [1.54, 1.807) is 17.4 Å². The quantitative estimate of drug-likeness (QED) is 0.837. The maximum atomic E-state index is 14.4. The lowest BCUT2D eigenvalue weighted by Gasteiger charge is -2.34. The van der Waals surface area contributed by atoms with E-state index in [2.05, 4.69) is 5.32 Å². The second-order valence-electron chi connectivity index (χ2n) is 6.38. The van der Waals surface area contributed by atoms with E-state index in [0.717, 1.165) is 4.88 Å². The molecule has 6 heteroatoms. The van der Waals surface area contributed by atoms with E-state index in [1.807, 2.05) is 17.5 Å². The third kappa shape index (κ3) is 2.92. The average molecular weight is 376 g/mol. The monoisotopic (exact) mass is 375 g/mol. The van der Waals surface area contributed by atoms with Crippen LogP contribution in [0.4, 0.5) is 4.39 Å². The number of hydrogen-bond acceptors (Lipinski definition) is 3. The zero-order chi connectivity index (χ0) is 17.6. The number of rotatable bonds is 2. The van der Waals surface area contributed by atoms with E-state index in [0.29, 0.717) is 24.1 Å². The Bertz CT molecular complexity index is 871. The van der Waals surface area contributed by atoms with Crippen molar-refractivity contribution in [3.63, 3.8) is 0 Å². The molecule has 0 spiro atoms. The first-order valence-electron chi connectivity index (χ1n) is 8.08. The minimum atomic E-state index is -0.616. The lowest BCUT2D eigenvalue weighted by molar-refractivity contribution is -0.122. The van der Waals surface area contributed by atoms with Crippen LogP contribution in [0.1, 0.15) is 41.5 Å². The highest BCUT2D eigenvalue weighted by Gasteiger charge is 2.39. The summed E-state index contributed by atoms with van der Waals surface area (Å²) in [7, 11) is 0. The smallest absolute Gasteiger partial charge is 0.225 e. The summed E-state index contributed by atoms with van der Waals surface area (Å²) in [6.07, 6.45) is 0.989. The van der Waals surface area contributed by atoms with Gasteiger partial charge in [-0.05, 0) is 30.0 Å². The van der Waals surface area contributed by atoms with Gasteiger partial charge in [0.15, 0.2) is 5.78 Å². The molecule has 0 saturated heterocycles. The van der Waals surface area contributed by atoms with E-state index in [4.69, 9.17) is 11.6 Å². The molecule has 4 rings (SSSR count). The molecule has 3 nitrogen and oxygen atoms in total. The first-order chi connectivity index (χ1) is 12.0. The maximum absolute atomic E-state index is 14.4. The normalized spacial score (nSPS) is 23.4. The molecular weight excluding hydrogens is 361 g/mol. The van der Waals surface area contributed by atoms with E-state index in [-0.39, 0.29) is 34.6 Å². The van der Waals surface area contributed by atoms with Gasteiger partial charge in [-0.3, -0.25) is 9.59 Å². The third-order valence-corrected chi connectivity index (χ3v) is 6.19. The van der Waals surface area contributed by atoms with E-state index in [9.17, 15) is 14.0 Å². The van der Waals surface area contributed by atoms with Gasteiger partial charge in [0, 0.05) is 51.4 Å². The van der Waals surface area contributed by atoms with Crippen LogP contribution in [-0.4, -0.2) is 11.7 Å². The molecule has 2 aliphatic rings. The topological polar surface area (TPSA) is 46.2 Å². The van der Waals surface area contributed by atoms with E-state index >= 15 is 0 Å². The molecule has 1 aliphatic heterocycles. The standard InChI is InChI=1S/C19H15ClFNO2S/c20-12-3-1-4-13(21)18(12)11-9-17(24)22-14-7-10(8-15(23)19(11)14)16-5-2-6-25-16/h1-6,10-11H,7-9H2,(H,22,24)/t10-,11+/m1/s1. The van der Waals surface area contributed by atoms with Crippen LogP contribution in [0.15, 0.2) is 47.0 Å². The van der Waals surface area contributed by atoms with Crippen molar-refractivity contribution in [2.45, 2.75) is 31.1 Å². The Labute approximate surface area is 153 Å². The van der Waals surface area contributed by atoms with E-state index < -0.39 is 11.7 Å². The molecule has 0 fully saturated rings. The summed E-state index contributed by atoms with van der Waals surface area (Å²) in [5, 5.41) is 5.07. The Balaban J connectivity index is 1.79. The molecule has 1 aliphatic carbocycles. The number of carbonyl (C=O) groups excluding carboxylic acids is 2. The fourth-order valence-corrected chi connectivity index (χ4v) is 4.90. The summed E-state index contributed by atoms with van der Waals surface area (Å²) in [6, 6.07) is 8.39. The van der Waals surface area contributed by atoms with Crippen LogP contribution in [0.2, 0.25) is 5.02 Å². The fraction of sp³-hybridized carbons (Fsp3) is 0.263. The summed E-state index contributed by atoms with van der Waals surface area (Å²) in [6.45, 7) is 0. The van der Waals surface area contributed by atoms with E-state index in [1.165, 1.54) is 12.1 Å². The zero-order valence-corrected chi connectivity index (χ0v) is 14.8. The Morgan fingerprint density at radius 1 is 1.12 bits per heavy atom. The van der Waals surface area contributed by atoms with Gasteiger partial charge >= 0.3 is 0 Å². The van der Waals surface area contributed by atoms with Crippen LogP contribution in [0.25, 0.3) is 0 Å². The molecule has 0 saturated carbocycles. The number of hydrogen-bond donors (Lipinski definition) is 1. The molecule has 128 valence electrons. The first-order valence-corrected chi connectivity index (χ1v) is 9.33. The van der Waals surface area contributed by atoms with Crippen LogP contribution in [0.3, 0.4) is 0 Å². The van der Waals surface area contributed by atoms with Gasteiger partial charge in [-0.1, -0.05) is 23.7 Å². The SMILES string of the molecule is O=C1C[C@@H](c2c(F)cccc2Cl)C2=C(C[C@@H](c3cccs3)CC2=O)N1. The van der Waals surface area contributed by atoms with Gasteiger partial charge in [0.25, 0.3) is 0 Å². The minimum Gasteiger partial charge on any atom is -0.329 e. The number of carbonyl (C=O) groups is 2. The molecule has 1 N–H and O–H groups in total. The number of Topliss-reactive ketones (excluding diaryl/α,β-unsaturated/α-hetero) is 1. The summed E-state index contributed by atoms with van der Waals surface area (Å²) < 4.78 is 14.4. The third-order valence-electron chi connectivity index (χ3n) is 4.83. The summed E-state index contributed by atoms with van der Waals surface area (Å²) in [5.41, 5.74) is 1.38. The number of nitrogens with one attached hydrogen (secondary N) is 1. The van der Waals surface area contributed by atoms with Gasteiger partial charge in [-0.2, -0.15) is 0 Å². The molecule has 0 bridgehead atoms. The van der Waals surface area contributed by atoms with Crippen LogP contribution in [0.5, 0.6) is 0 Å². The highest BCUT2D eigenvalue weighted by molar-refractivity contribution is 7.10. The Morgan fingerprint density at radius 2 is 1.96 bits per heavy atom. The van der Waals surface area contributed by atoms with Gasteiger partial charge in [0.1, 0.15) is 5.82 Å². The highest BCUT2D eigenvalue weighted by Crippen LogP contribution is 2.45. The Morgan fingerprint density at radius 3 is 2.68 bits per heavy atom. The molecule has 1 aromatic carbocycles. The van der Waals surface area contributed by atoms with Gasteiger partial charge in [-0.25, -0.2) is 4.39 Å². The summed E-state index contributed by atoms with van der Waals surface area (Å²) in [5.74, 6) is -1.28. The number of thiophene rings is 1. The molecule has 2 aromatic rings. The fourth-order valence-electron chi connectivity index (χ4n) is 3.78. The summed E-state index contributed by atoms with van der Waals surface area (Å²) >= 11 is 7.80. The lowest BCUT2D eigenvalue weighted by Crippen LogP contribution is -2.38. The van der Waals surface area contributed by atoms with Gasteiger partial charge in [-0.15, -0.1) is 11.3 Å². The second-order valence-corrected chi connectivity index (χ2v) is 7.76. The van der Waals surface area contributed by atoms with Crippen molar-refractivity contribution in [1.29, 1.82) is 0 Å². The van der Waals surface area contributed by atoms with Crippen LogP contribution in [0, 0.1) is 5.82 Å². The predicted octanol–water partition coefficient (Wildman–Crippen LogP) is 4.54. The van der Waals surface area contributed by atoms with Crippen LogP contribution >= 0.6 is 22.9 Å². The van der Waals surface area contributed by atoms with Crippen LogP contribution < -0.4 is 5.32 Å². The number of amides is 1. The van der Waals surface area contributed by atoms with Gasteiger partial charge < -0.3 is 5.32 Å². The number of benzene rings is 1. The second kappa shape index (κ2) is 6.39. The average Bonchev–Trinajstić information content (AvgIpc) is 3.08. The Kier molecular flexibility index (Phi) is 4.21. The molecular formula is C19H15ClFNO2S. The molecule has 0 unspecified atom stereocenters. The zero-order valence-electron chi connectivity index (χ0n) is 13.2. The molecule has 1 amide bonds. The first kappa shape index (κ1) is 16.5. The molecule has 2 heterocycles. The molecule has 2 atom stereocenters. The molecule has 25 heavy (non-hydrogen) atoms. The van der Waals surface area contributed by atoms with Crippen LogP contribution in [-0.2, 0) is 9.59 Å². The van der Waals surface area contributed by atoms with Crippen molar-refractivity contribution >= 4 is 34.6 Å².